The fourth-order valence-corrected chi connectivity index (χ4v) is 1.98. The van der Waals surface area contributed by atoms with Crippen molar-refractivity contribution >= 4 is 11.7 Å². The largest absolute Gasteiger partial charge is 0.408 e. The average Bonchev–Trinajstić information content (AvgIpc) is 2.99. The van der Waals surface area contributed by atoms with Crippen LogP contribution >= 0.6 is 0 Å². The van der Waals surface area contributed by atoms with Crippen LogP contribution in [0.4, 0.5) is 20.5 Å². The SMILES string of the molecule is N#Cc1ccc(Nc2nnc(Cc3c(F)cccc3F)o2)cc1. The van der Waals surface area contributed by atoms with Crippen molar-refractivity contribution in [3.05, 3.63) is 71.1 Å². The molecule has 0 fully saturated rings. The minimum Gasteiger partial charge on any atom is -0.408 e. The van der Waals surface area contributed by atoms with E-state index in [-0.39, 0.29) is 23.9 Å². The van der Waals surface area contributed by atoms with Gasteiger partial charge in [0.05, 0.1) is 18.1 Å². The van der Waals surface area contributed by atoms with E-state index in [1.54, 1.807) is 24.3 Å². The van der Waals surface area contributed by atoms with Gasteiger partial charge in [-0.25, -0.2) is 8.78 Å². The van der Waals surface area contributed by atoms with Gasteiger partial charge in [-0.15, -0.1) is 5.10 Å². The maximum absolute atomic E-state index is 13.6. The first-order valence-corrected chi connectivity index (χ1v) is 6.68. The maximum atomic E-state index is 13.6. The Morgan fingerprint density at radius 2 is 1.74 bits per heavy atom. The van der Waals surface area contributed by atoms with E-state index in [1.807, 2.05) is 6.07 Å². The third-order valence-corrected chi connectivity index (χ3v) is 3.12. The number of hydrogen-bond acceptors (Lipinski definition) is 5. The van der Waals surface area contributed by atoms with Crippen LogP contribution in [0, 0.1) is 23.0 Å². The molecule has 0 atom stereocenters. The zero-order valence-electron chi connectivity index (χ0n) is 11.8. The Kier molecular flexibility index (Phi) is 3.97. The predicted molar refractivity (Wildman–Crippen MR) is 77.9 cm³/mol. The van der Waals surface area contributed by atoms with Crippen molar-refractivity contribution in [2.75, 3.05) is 5.32 Å². The number of anilines is 2. The number of nitrogens with one attached hydrogen (secondary N) is 1. The number of rotatable bonds is 4. The van der Waals surface area contributed by atoms with E-state index in [9.17, 15) is 8.78 Å². The molecule has 0 unspecified atom stereocenters. The molecule has 0 saturated heterocycles. The van der Waals surface area contributed by atoms with Gasteiger partial charge in [0.2, 0.25) is 5.89 Å². The van der Waals surface area contributed by atoms with E-state index in [2.05, 4.69) is 15.5 Å². The Morgan fingerprint density at radius 1 is 1.04 bits per heavy atom. The minimum absolute atomic E-state index is 0.0881. The quantitative estimate of drug-likeness (QED) is 0.797. The second-order valence-corrected chi connectivity index (χ2v) is 4.69. The average molecular weight is 312 g/mol. The van der Waals surface area contributed by atoms with Crippen LogP contribution in [0.3, 0.4) is 0 Å². The van der Waals surface area contributed by atoms with E-state index < -0.39 is 11.6 Å². The first-order chi connectivity index (χ1) is 11.2. The molecule has 23 heavy (non-hydrogen) atoms. The zero-order valence-corrected chi connectivity index (χ0v) is 11.8. The lowest BCUT2D eigenvalue weighted by atomic mass is 10.1. The van der Waals surface area contributed by atoms with Crippen LogP contribution in [0.1, 0.15) is 17.0 Å². The van der Waals surface area contributed by atoms with Crippen LogP contribution in [-0.2, 0) is 6.42 Å². The van der Waals surface area contributed by atoms with Crippen molar-refractivity contribution in [1.82, 2.24) is 10.2 Å². The molecular weight excluding hydrogens is 302 g/mol. The van der Waals surface area contributed by atoms with Crippen molar-refractivity contribution in [2.24, 2.45) is 0 Å². The van der Waals surface area contributed by atoms with Gasteiger partial charge in [-0.1, -0.05) is 11.2 Å². The van der Waals surface area contributed by atoms with Crippen LogP contribution in [0.2, 0.25) is 0 Å². The summed E-state index contributed by atoms with van der Waals surface area (Å²) in [5.41, 5.74) is 1.05. The van der Waals surface area contributed by atoms with Crippen LogP contribution in [0.15, 0.2) is 46.9 Å². The highest BCUT2D eigenvalue weighted by Gasteiger charge is 2.14. The van der Waals surface area contributed by atoms with Crippen molar-refractivity contribution in [3.63, 3.8) is 0 Å². The van der Waals surface area contributed by atoms with E-state index in [0.29, 0.717) is 11.3 Å². The van der Waals surface area contributed by atoms with E-state index in [0.717, 1.165) is 0 Å². The van der Waals surface area contributed by atoms with Gasteiger partial charge in [-0.05, 0) is 36.4 Å². The lowest BCUT2D eigenvalue weighted by Crippen LogP contribution is -1.97. The number of nitrogens with zero attached hydrogens (tertiary/aromatic N) is 3. The van der Waals surface area contributed by atoms with Crippen LogP contribution in [0.5, 0.6) is 0 Å². The molecule has 2 aromatic carbocycles. The summed E-state index contributed by atoms with van der Waals surface area (Å²) in [5.74, 6) is -1.24. The van der Waals surface area contributed by atoms with Crippen molar-refractivity contribution < 1.29 is 13.2 Å². The summed E-state index contributed by atoms with van der Waals surface area (Å²) in [6.07, 6.45) is -0.138. The summed E-state index contributed by atoms with van der Waals surface area (Å²) in [4.78, 5) is 0. The molecule has 114 valence electrons. The highest BCUT2D eigenvalue weighted by molar-refractivity contribution is 5.53. The second kappa shape index (κ2) is 6.23. The number of benzene rings is 2. The smallest absolute Gasteiger partial charge is 0.320 e. The van der Waals surface area contributed by atoms with Crippen LogP contribution in [0.25, 0.3) is 0 Å². The van der Waals surface area contributed by atoms with Crippen molar-refractivity contribution in [3.8, 4) is 6.07 Å². The second-order valence-electron chi connectivity index (χ2n) is 4.69. The standard InChI is InChI=1S/C16H10F2N4O/c17-13-2-1-3-14(18)12(13)8-15-21-22-16(23-15)20-11-6-4-10(9-19)5-7-11/h1-7H,8H2,(H,20,22). The van der Waals surface area contributed by atoms with Gasteiger partial charge in [-0.2, -0.15) is 5.26 Å². The number of hydrogen-bond donors (Lipinski definition) is 1. The fraction of sp³-hybridized carbons (Fsp3) is 0.0625. The molecule has 0 aliphatic heterocycles. The number of halogens is 2. The van der Waals surface area contributed by atoms with E-state index in [4.69, 9.17) is 9.68 Å². The van der Waals surface area contributed by atoms with Crippen molar-refractivity contribution in [2.45, 2.75) is 6.42 Å². The molecule has 0 radical (unpaired) electrons. The molecule has 1 N–H and O–H groups in total. The normalized spacial score (nSPS) is 10.3. The highest BCUT2D eigenvalue weighted by Crippen LogP contribution is 2.19. The lowest BCUT2D eigenvalue weighted by molar-refractivity contribution is 0.501. The Hall–Kier alpha value is -3.27. The molecule has 0 bridgehead atoms. The van der Waals surface area contributed by atoms with E-state index in [1.165, 1.54) is 18.2 Å². The predicted octanol–water partition coefficient (Wildman–Crippen LogP) is 3.55. The van der Waals surface area contributed by atoms with Crippen LogP contribution < -0.4 is 5.32 Å². The zero-order chi connectivity index (χ0) is 16.2. The Balaban J connectivity index is 1.74. The molecular formula is C16H10F2N4O. The maximum Gasteiger partial charge on any atom is 0.320 e. The monoisotopic (exact) mass is 312 g/mol. The molecule has 5 nitrogen and oxygen atoms in total. The summed E-state index contributed by atoms with van der Waals surface area (Å²) in [6.45, 7) is 0. The molecule has 1 aromatic heterocycles. The molecule has 3 aromatic rings. The minimum atomic E-state index is -0.662. The third-order valence-electron chi connectivity index (χ3n) is 3.12. The molecule has 0 aliphatic rings. The molecule has 0 aliphatic carbocycles. The molecule has 0 amide bonds. The van der Waals surface area contributed by atoms with Crippen molar-refractivity contribution in [1.29, 1.82) is 5.26 Å². The summed E-state index contributed by atoms with van der Waals surface area (Å²) in [7, 11) is 0. The Bertz CT molecular complexity index is 848. The van der Waals surface area contributed by atoms with E-state index >= 15 is 0 Å². The first kappa shape index (κ1) is 14.7. The summed E-state index contributed by atoms with van der Waals surface area (Å²) in [5, 5.41) is 19.1. The van der Waals surface area contributed by atoms with Gasteiger partial charge < -0.3 is 9.73 Å². The lowest BCUT2D eigenvalue weighted by Gasteiger charge is -2.02. The number of aromatic nitrogens is 2. The third kappa shape index (κ3) is 3.32. The molecule has 1 heterocycles. The molecule has 0 saturated carbocycles. The number of nitriles is 1. The van der Waals surface area contributed by atoms with Gasteiger partial charge in [0.25, 0.3) is 0 Å². The Labute approximate surface area is 130 Å². The summed E-state index contributed by atoms with van der Waals surface area (Å²) < 4.78 is 32.5. The first-order valence-electron chi connectivity index (χ1n) is 6.68. The summed E-state index contributed by atoms with van der Waals surface area (Å²) in [6, 6.07) is 12.4. The Morgan fingerprint density at radius 3 is 2.39 bits per heavy atom. The molecule has 0 spiro atoms. The highest BCUT2D eigenvalue weighted by atomic mass is 19.1. The van der Waals surface area contributed by atoms with Crippen LogP contribution in [-0.4, -0.2) is 10.2 Å². The van der Waals surface area contributed by atoms with Gasteiger partial charge in [0.15, 0.2) is 0 Å². The van der Waals surface area contributed by atoms with Gasteiger partial charge in [0, 0.05) is 11.3 Å². The van der Waals surface area contributed by atoms with Gasteiger partial charge in [-0.3, -0.25) is 0 Å². The topological polar surface area (TPSA) is 74.7 Å². The van der Waals surface area contributed by atoms with Gasteiger partial charge in [0.1, 0.15) is 11.6 Å². The molecule has 7 heteroatoms. The summed E-state index contributed by atoms with van der Waals surface area (Å²) >= 11 is 0. The van der Waals surface area contributed by atoms with Gasteiger partial charge >= 0.3 is 6.01 Å². The fourth-order valence-electron chi connectivity index (χ4n) is 1.98. The molecule has 3 rings (SSSR count).